The topological polar surface area (TPSA) is 117 Å². The molecule has 150 valence electrons. The summed E-state index contributed by atoms with van der Waals surface area (Å²) in [7, 11) is 0. The molecule has 3 N–H and O–H groups in total. The molecular formula is C18H20BrN3O6. The van der Waals surface area contributed by atoms with Gasteiger partial charge in [-0.1, -0.05) is 22.4 Å². The van der Waals surface area contributed by atoms with Crippen LogP contribution in [0.5, 0.6) is 0 Å². The van der Waals surface area contributed by atoms with Gasteiger partial charge in [-0.2, -0.15) is 0 Å². The summed E-state index contributed by atoms with van der Waals surface area (Å²) in [6.45, 7) is 0.267. The zero-order valence-corrected chi connectivity index (χ0v) is 16.5. The molecule has 1 aromatic carbocycles. The highest BCUT2D eigenvalue weighted by Gasteiger charge is 2.57. The van der Waals surface area contributed by atoms with Gasteiger partial charge in [-0.15, -0.1) is 0 Å². The first kappa shape index (κ1) is 20.2. The third-order valence-electron chi connectivity index (χ3n) is 4.48. The Balaban J connectivity index is 1.55. The molecule has 1 aromatic rings. The highest BCUT2D eigenvalue weighted by molar-refractivity contribution is 9.10. The van der Waals surface area contributed by atoms with Gasteiger partial charge >= 0.3 is 11.7 Å². The van der Waals surface area contributed by atoms with Crippen molar-refractivity contribution < 1.29 is 29.1 Å². The van der Waals surface area contributed by atoms with Crippen LogP contribution in [-0.4, -0.2) is 36.0 Å². The molecule has 3 rings (SSSR count). The second-order valence-electron chi connectivity index (χ2n) is 6.37. The summed E-state index contributed by atoms with van der Waals surface area (Å²) >= 11 is 3.37. The van der Waals surface area contributed by atoms with Gasteiger partial charge in [0.2, 0.25) is 11.8 Å². The van der Waals surface area contributed by atoms with Crippen LogP contribution in [0.2, 0.25) is 0 Å². The molecule has 3 amide bonds. The Labute approximate surface area is 169 Å². The molecule has 0 aliphatic carbocycles. The van der Waals surface area contributed by atoms with Crippen LogP contribution in [-0.2, 0) is 29.6 Å². The van der Waals surface area contributed by atoms with Crippen LogP contribution in [0.15, 0.2) is 35.2 Å². The van der Waals surface area contributed by atoms with Crippen LogP contribution in [0.4, 0.5) is 5.69 Å². The molecule has 2 heterocycles. The van der Waals surface area contributed by atoms with E-state index >= 15 is 0 Å². The second-order valence-corrected chi connectivity index (χ2v) is 7.29. The lowest BCUT2D eigenvalue weighted by molar-refractivity contribution is -0.174. The van der Waals surface area contributed by atoms with Crippen LogP contribution in [0, 0.1) is 0 Å². The molecule has 0 atom stereocenters. The molecule has 1 spiro atoms. The third-order valence-corrected chi connectivity index (χ3v) is 4.98. The largest absolute Gasteiger partial charge is 0.445 e. The second kappa shape index (κ2) is 8.61. The van der Waals surface area contributed by atoms with Crippen LogP contribution >= 0.6 is 15.9 Å². The van der Waals surface area contributed by atoms with Gasteiger partial charge in [0.15, 0.2) is 0 Å². The number of nitrogens with zero attached hydrogens (tertiary/aromatic N) is 1. The number of carbonyl (C=O) groups is 3. The molecule has 28 heavy (non-hydrogen) atoms. The summed E-state index contributed by atoms with van der Waals surface area (Å²) in [6, 6.07) is 5.25. The maximum absolute atomic E-state index is 12.9. The smallest absolute Gasteiger partial charge is 0.361 e. The number of hydrogen-bond acceptors (Lipinski definition) is 6. The molecule has 0 bridgehead atoms. The lowest BCUT2D eigenvalue weighted by Crippen LogP contribution is -2.45. The Bertz CT molecular complexity index is 805. The number of ether oxygens (including phenoxy) is 2. The lowest BCUT2D eigenvalue weighted by Gasteiger charge is -2.22. The van der Waals surface area contributed by atoms with E-state index in [-0.39, 0.29) is 18.9 Å². The molecular weight excluding hydrogens is 434 g/mol. The Hall–Kier alpha value is -2.59. The first-order valence-corrected chi connectivity index (χ1v) is 9.59. The van der Waals surface area contributed by atoms with Crippen molar-refractivity contribution in [2.75, 3.05) is 18.0 Å². The maximum atomic E-state index is 12.9. The fraction of sp³-hybridized carbons (Fsp3) is 0.389. The molecule has 0 aromatic heterocycles. The average Bonchev–Trinajstić information content (AvgIpc) is 3.26. The minimum atomic E-state index is -1.58. The molecule has 0 fully saturated rings. The summed E-state index contributed by atoms with van der Waals surface area (Å²) in [5.74, 6) is -2.78. The molecule has 2 aliphatic heterocycles. The highest BCUT2D eigenvalue weighted by Crippen LogP contribution is 2.46. The number of rotatable bonds is 8. The minimum Gasteiger partial charge on any atom is -0.445 e. The molecule has 0 unspecified atom stereocenters. The number of fused-ring (bicyclic) bond motifs is 2. The van der Waals surface area contributed by atoms with Crippen LogP contribution in [0.25, 0.3) is 0 Å². The normalized spacial score (nSPS) is 15.9. The van der Waals surface area contributed by atoms with Gasteiger partial charge < -0.3 is 14.8 Å². The van der Waals surface area contributed by atoms with Crippen LogP contribution in [0.3, 0.4) is 0 Å². The molecule has 0 saturated heterocycles. The molecule has 0 radical (unpaired) electrons. The number of nitrogens with one attached hydrogen (secondary N) is 2. The summed E-state index contributed by atoms with van der Waals surface area (Å²) in [4.78, 5) is 37.5. The van der Waals surface area contributed by atoms with Crippen molar-refractivity contribution >= 4 is 39.3 Å². The molecule has 2 aliphatic rings. The van der Waals surface area contributed by atoms with E-state index in [9.17, 15) is 14.4 Å². The number of hydrogen-bond donors (Lipinski definition) is 3. The summed E-state index contributed by atoms with van der Waals surface area (Å²) in [6.07, 6.45) is 4.87. The van der Waals surface area contributed by atoms with Crippen molar-refractivity contribution in [2.24, 2.45) is 0 Å². The molecule has 0 saturated carbocycles. The Morgan fingerprint density at radius 2 is 1.89 bits per heavy atom. The first-order valence-electron chi connectivity index (χ1n) is 8.80. The van der Waals surface area contributed by atoms with Crippen molar-refractivity contribution in [2.45, 2.75) is 31.5 Å². The number of anilines is 1. The number of amides is 3. The number of benzene rings is 1. The lowest BCUT2D eigenvalue weighted by atomic mass is 10.1. The zero-order valence-electron chi connectivity index (χ0n) is 14.9. The van der Waals surface area contributed by atoms with E-state index in [0.717, 1.165) is 10.9 Å². The molecule has 10 heteroatoms. The van der Waals surface area contributed by atoms with E-state index in [4.69, 9.17) is 14.7 Å². The van der Waals surface area contributed by atoms with E-state index in [0.29, 0.717) is 30.6 Å². The maximum Gasteiger partial charge on any atom is 0.361 e. The van der Waals surface area contributed by atoms with Crippen molar-refractivity contribution in [3.63, 3.8) is 0 Å². The van der Waals surface area contributed by atoms with Gasteiger partial charge in [-0.3, -0.25) is 24.5 Å². The van der Waals surface area contributed by atoms with Crippen LogP contribution < -0.4 is 15.7 Å². The van der Waals surface area contributed by atoms with Crippen molar-refractivity contribution in [3.05, 3.63) is 40.8 Å². The summed E-state index contributed by atoms with van der Waals surface area (Å²) in [5.41, 5.74) is 2.67. The Kier molecular flexibility index (Phi) is 6.20. The number of hydroxylamine groups is 1. The SMILES string of the molecule is O=C(CCCCCNC(=O)CN1C(=O)C2(OC=CO2)c2cc(Br)ccc21)NO. The quantitative estimate of drug-likeness (QED) is 0.313. The first-order chi connectivity index (χ1) is 13.5. The van der Waals surface area contributed by atoms with Gasteiger partial charge in [0, 0.05) is 17.4 Å². The standard InChI is InChI=1S/C18H20BrN3O6/c19-12-5-6-14-13(10-12)18(27-8-9-28-18)17(25)22(14)11-16(24)20-7-3-1-2-4-15(23)21-26/h5-6,8-10,26H,1-4,7,11H2,(H,20,24)(H,21,23). The number of unbranched alkanes of at least 4 members (excludes halogenated alkanes) is 2. The monoisotopic (exact) mass is 453 g/mol. The van der Waals surface area contributed by atoms with Crippen molar-refractivity contribution in [1.29, 1.82) is 0 Å². The van der Waals surface area contributed by atoms with Gasteiger partial charge in [-0.05, 0) is 31.0 Å². The molecule has 9 nitrogen and oxygen atoms in total. The number of carbonyl (C=O) groups excluding carboxylic acids is 3. The van der Waals surface area contributed by atoms with Gasteiger partial charge in [-0.25, -0.2) is 5.48 Å². The predicted molar refractivity (Wildman–Crippen MR) is 101 cm³/mol. The fourth-order valence-corrected chi connectivity index (χ4v) is 3.50. The summed E-state index contributed by atoms with van der Waals surface area (Å²) in [5, 5.41) is 11.2. The zero-order chi connectivity index (χ0) is 20.1. The highest BCUT2D eigenvalue weighted by atomic mass is 79.9. The fourth-order valence-electron chi connectivity index (χ4n) is 3.14. The minimum absolute atomic E-state index is 0.158. The van der Waals surface area contributed by atoms with E-state index in [1.807, 2.05) is 0 Å². The van der Waals surface area contributed by atoms with Gasteiger partial charge in [0.25, 0.3) is 0 Å². The van der Waals surface area contributed by atoms with Crippen molar-refractivity contribution in [3.8, 4) is 0 Å². The number of halogens is 1. The van der Waals surface area contributed by atoms with E-state index in [1.54, 1.807) is 23.7 Å². The predicted octanol–water partition coefficient (Wildman–Crippen LogP) is 1.65. The van der Waals surface area contributed by atoms with Gasteiger partial charge in [0.05, 0.1) is 11.3 Å². The Morgan fingerprint density at radius 1 is 1.14 bits per heavy atom. The van der Waals surface area contributed by atoms with E-state index in [1.165, 1.54) is 17.4 Å². The van der Waals surface area contributed by atoms with Crippen LogP contribution in [0.1, 0.15) is 31.2 Å². The Morgan fingerprint density at radius 3 is 2.61 bits per heavy atom. The van der Waals surface area contributed by atoms with E-state index < -0.39 is 17.6 Å². The van der Waals surface area contributed by atoms with Crippen molar-refractivity contribution in [1.82, 2.24) is 10.8 Å². The van der Waals surface area contributed by atoms with E-state index in [2.05, 4.69) is 21.2 Å². The summed E-state index contributed by atoms with van der Waals surface area (Å²) < 4.78 is 11.7. The van der Waals surface area contributed by atoms with Gasteiger partial charge in [0.1, 0.15) is 19.1 Å². The average molecular weight is 454 g/mol. The third kappa shape index (κ3) is 3.97.